The molecule has 0 bridgehead atoms. The van der Waals surface area contributed by atoms with E-state index >= 15 is 0 Å². The molecule has 1 aliphatic rings. The molecule has 2 aromatic carbocycles. The Morgan fingerprint density at radius 3 is 2.55 bits per heavy atom. The summed E-state index contributed by atoms with van der Waals surface area (Å²) in [6.45, 7) is 4.95. The van der Waals surface area contributed by atoms with Crippen molar-refractivity contribution in [2.24, 2.45) is 0 Å². The zero-order valence-electron chi connectivity index (χ0n) is 19.0. The Hall–Kier alpha value is -3.58. The zero-order chi connectivity index (χ0) is 23.3. The highest BCUT2D eigenvalue weighted by Crippen LogP contribution is 2.30. The van der Waals surface area contributed by atoms with E-state index in [1.54, 1.807) is 11.1 Å². The lowest BCUT2D eigenvalue weighted by Gasteiger charge is -2.41. The fourth-order valence-corrected chi connectivity index (χ4v) is 4.15. The lowest BCUT2D eigenvalue weighted by atomic mass is 9.87. The number of nitrogens with zero attached hydrogens (tertiary/aromatic N) is 3. The molecule has 0 spiro atoms. The van der Waals surface area contributed by atoms with Gasteiger partial charge in [0.1, 0.15) is 5.69 Å². The first-order chi connectivity index (χ1) is 16.0. The average Bonchev–Trinajstić information content (AvgIpc) is 2.85. The van der Waals surface area contributed by atoms with Gasteiger partial charge in [0.2, 0.25) is 0 Å². The minimum atomic E-state index is -1.20. The van der Waals surface area contributed by atoms with Crippen LogP contribution < -0.4 is 5.32 Å². The van der Waals surface area contributed by atoms with E-state index in [0.29, 0.717) is 19.5 Å². The van der Waals surface area contributed by atoms with E-state index in [0.717, 1.165) is 22.4 Å². The van der Waals surface area contributed by atoms with E-state index in [-0.39, 0.29) is 30.7 Å². The molecule has 4 rings (SSSR count). The highest BCUT2D eigenvalue weighted by molar-refractivity contribution is 5.93. The molecule has 1 N–H and O–H groups in total. The first kappa shape index (κ1) is 22.6. The van der Waals surface area contributed by atoms with Gasteiger partial charge in [-0.15, -0.1) is 0 Å². The first-order valence-electron chi connectivity index (χ1n) is 11.2. The summed E-state index contributed by atoms with van der Waals surface area (Å²) in [6, 6.07) is 18.1. The van der Waals surface area contributed by atoms with E-state index < -0.39 is 5.60 Å². The van der Waals surface area contributed by atoms with Crippen LogP contribution in [0.2, 0.25) is 0 Å². The van der Waals surface area contributed by atoms with Gasteiger partial charge < -0.3 is 15.0 Å². The van der Waals surface area contributed by atoms with Gasteiger partial charge >= 0.3 is 0 Å². The molecule has 7 nitrogen and oxygen atoms in total. The van der Waals surface area contributed by atoms with Gasteiger partial charge in [-0.05, 0) is 30.5 Å². The van der Waals surface area contributed by atoms with Crippen molar-refractivity contribution in [3.8, 4) is 11.1 Å². The number of hydrogen-bond donors (Lipinski definition) is 1. The van der Waals surface area contributed by atoms with Crippen molar-refractivity contribution in [3.63, 3.8) is 0 Å². The largest absolute Gasteiger partial charge is 0.361 e. The fraction of sp³-hybridized carbons (Fsp3) is 0.308. The van der Waals surface area contributed by atoms with Gasteiger partial charge in [0.05, 0.1) is 25.0 Å². The summed E-state index contributed by atoms with van der Waals surface area (Å²) in [5, 5.41) is 2.91. The second kappa shape index (κ2) is 9.92. The summed E-state index contributed by atoms with van der Waals surface area (Å²) in [4.78, 5) is 36.5. The standard InChI is InChI=1S/C26H28N4O3/c1-3-27-25(32)26(15-21-11-7-8-12-22(21)20-9-5-4-6-10-20)18-30(13-14-33-26)24(31)23-17-28-19(2)16-29-23/h4-12,16-17H,3,13-15,18H2,1-2H3,(H,27,32)/t26-/m1/s1. The highest BCUT2D eigenvalue weighted by Gasteiger charge is 2.45. The molecule has 0 saturated carbocycles. The topological polar surface area (TPSA) is 84.4 Å². The van der Waals surface area contributed by atoms with Crippen LogP contribution in [0.3, 0.4) is 0 Å². The number of carbonyl (C=O) groups excluding carboxylic acids is 2. The third kappa shape index (κ3) is 4.93. The van der Waals surface area contributed by atoms with Crippen LogP contribution in [0.5, 0.6) is 0 Å². The van der Waals surface area contributed by atoms with Crippen LogP contribution in [0, 0.1) is 6.92 Å². The van der Waals surface area contributed by atoms with Gasteiger partial charge in [-0.1, -0.05) is 54.6 Å². The van der Waals surface area contributed by atoms with Crippen molar-refractivity contribution < 1.29 is 14.3 Å². The van der Waals surface area contributed by atoms with Gasteiger partial charge in [0.25, 0.3) is 11.8 Å². The van der Waals surface area contributed by atoms with Crippen molar-refractivity contribution in [2.45, 2.75) is 25.9 Å². The summed E-state index contributed by atoms with van der Waals surface area (Å²) in [5.74, 6) is -0.476. The van der Waals surface area contributed by atoms with Gasteiger partial charge in [0.15, 0.2) is 5.60 Å². The third-order valence-corrected chi connectivity index (χ3v) is 5.80. The zero-order valence-corrected chi connectivity index (χ0v) is 19.0. The average molecular weight is 445 g/mol. The minimum absolute atomic E-state index is 0.135. The SMILES string of the molecule is CCNC(=O)[C@@]1(Cc2ccccc2-c2ccccc2)CN(C(=O)c2cnc(C)cn2)CCO1. The quantitative estimate of drug-likeness (QED) is 0.632. The molecule has 1 aromatic heterocycles. The molecule has 7 heteroatoms. The van der Waals surface area contributed by atoms with Crippen molar-refractivity contribution >= 4 is 11.8 Å². The molecule has 1 fully saturated rings. The molecule has 170 valence electrons. The molecule has 0 aliphatic carbocycles. The smallest absolute Gasteiger partial charge is 0.274 e. The van der Waals surface area contributed by atoms with E-state index in [1.165, 1.54) is 6.20 Å². The van der Waals surface area contributed by atoms with Gasteiger partial charge in [-0.3, -0.25) is 14.6 Å². The molecule has 1 saturated heterocycles. The van der Waals surface area contributed by atoms with E-state index in [9.17, 15) is 9.59 Å². The summed E-state index contributed by atoms with van der Waals surface area (Å²) in [6.07, 6.45) is 3.39. The Labute approximate surface area is 193 Å². The van der Waals surface area contributed by atoms with Crippen LogP contribution >= 0.6 is 0 Å². The lowest BCUT2D eigenvalue weighted by molar-refractivity contribution is -0.157. The van der Waals surface area contributed by atoms with Crippen molar-refractivity contribution in [2.75, 3.05) is 26.2 Å². The van der Waals surface area contributed by atoms with Crippen molar-refractivity contribution in [1.29, 1.82) is 0 Å². The molecule has 0 radical (unpaired) electrons. The molecular formula is C26H28N4O3. The van der Waals surface area contributed by atoms with E-state index in [2.05, 4.69) is 15.3 Å². The summed E-state index contributed by atoms with van der Waals surface area (Å²) >= 11 is 0. The number of amides is 2. The Kier molecular flexibility index (Phi) is 6.79. The highest BCUT2D eigenvalue weighted by atomic mass is 16.5. The number of aromatic nitrogens is 2. The Morgan fingerprint density at radius 1 is 1.06 bits per heavy atom. The number of aryl methyl sites for hydroxylation is 1. The number of benzene rings is 2. The second-order valence-electron chi connectivity index (χ2n) is 8.17. The van der Waals surface area contributed by atoms with Crippen LogP contribution in [0.4, 0.5) is 0 Å². The van der Waals surface area contributed by atoms with Gasteiger partial charge in [0, 0.05) is 25.7 Å². The number of rotatable bonds is 6. The number of likely N-dealkylation sites (N-methyl/N-ethyl adjacent to an activating group) is 1. The molecule has 2 amide bonds. The van der Waals surface area contributed by atoms with Crippen molar-refractivity contribution in [1.82, 2.24) is 20.2 Å². The number of carbonyl (C=O) groups is 2. The number of ether oxygens (including phenoxy) is 1. The summed E-state index contributed by atoms with van der Waals surface area (Å²) < 4.78 is 6.17. The molecule has 1 atom stereocenters. The molecule has 1 aliphatic heterocycles. The summed E-state index contributed by atoms with van der Waals surface area (Å²) in [5.41, 5.74) is 2.89. The maximum Gasteiger partial charge on any atom is 0.274 e. The molecular weight excluding hydrogens is 416 g/mol. The number of hydrogen-bond acceptors (Lipinski definition) is 5. The van der Waals surface area contributed by atoms with Crippen LogP contribution in [-0.4, -0.2) is 58.5 Å². The van der Waals surface area contributed by atoms with Gasteiger partial charge in [-0.2, -0.15) is 0 Å². The van der Waals surface area contributed by atoms with Crippen LogP contribution in [0.25, 0.3) is 11.1 Å². The number of nitrogens with one attached hydrogen (secondary N) is 1. The predicted molar refractivity (Wildman–Crippen MR) is 126 cm³/mol. The fourth-order valence-electron chi connectivity index (χ4n) is 4.15. The Morgan fingerprint density at radius 2 is 1.82 bits per heavy atom. The van der Waals surface area contributed by atoms with E-state index in [4.69, 9.17) is 4.74 Å². The maximum atomic E-state index is 13.3. The third-order valence-electron chi connectivity index (χ3n) is 5.80. The maximum absolute atomic E-state index is 13.3. The minimum Gasteiger partial charge on any atom is -0.361 e. The van der Waals surface area contributed by atoms with Crippen LogP contribution in [-0.2, 0) is 16.0 Å². The normalized spacial score (nSPS) is 18.1. The molecule has 3 aromatic rings. The number of morpholine rings is 1. The van der Waals surface area contributed by atoms with E-state index in [1.807, 2.05) is 68.4 Å². The molecule has 33 heavy (non-hydrogen) atoms. The molecule has 0 unspecified atom stereocenters. The summed E-state index contributed by atoms with van der Waals surface area (Å²) in [7, 11) is 0. The van der Waals surface area contributed by atoms with Crippen molar-refractivity contribution in [3.05, 3.63) is 83.9 Å². The molecule has 2 heterocycles. The Balaban J connectivity index is 1.67. The predicted octanol–water partition coefficient (Wildman–Crippen LogP) is 3.04. The van der Waals surface area contributed by atoms with Gasteiger partial charge in [-0.25, -0.2) is 4.98 Å². The first-order valence-corrected chi connectivity index (χ1v) is 11.2. The van der Waals surface area contributed by atoms with Crippen LogP contribution in [0.15, 0.2) is 67.0 Å². The van der Waals surface area contributed by atoms with Crippen LogP contribution in [0.1, 0.15) is 28.7 Å². The lowest BCUT2D eigenvalue weighted by Crippen LogP contribution is -2.62. The monoisotopic (exact) mass is 444 g/mol. The Bertz CT molecular complexity index is 1120. The second-order valence-corrected chi connectivity index (χ2v) is 8.17.